The van der Waals surface area contributed by atoms with Crippen LogP contribution in [0.1, 0.15) is 29.9 Å². The second-order valence-corrected chi connectivity index (χ2v) is 4.40. The maximum Gasteiger partial charge on any atom is 0.417 e. The molecule has 1 saturated carbocycles. The third-order valence-electron chi connectivity index (χ3n) is 2.21. The number of rotatable bonds is 1. The molecule has 1 nitrogen and oxygen atoms in total. The molecule has 0 aliphatic heterocycles. The highest BCUT2D eigenvalue weighted by Crippen LogP contribution is 2.43. The monoisotopic (exact) mass is 313 g/mol. The number of hydrogen-bond acceptors (Lipinski definition) is 1. The zero-order valence-electron chi connectivity index (χ0n) is 7.11. The van der Waals surface area contributed by atoms with Crippen molar-refractivity contribution >= 4 is 22.6 Å². The van der Waals surface area contributed by atoms with Crippen LogP contribution in [0, 0.1) is 3.70 Å². The van der Waals surface area contributed by atoms with Gasteiger partial charge in [-0.05, 0) is 53.0 Å². The molecular weight excluding hydrogens is 306 g/mol. The summed E-state index contributed by atoms with van der Waals surface area (Å²) in [4.78, 5) is 3.77. The van der Waals surface area contributed by atoms with Crippen molar-refractivity contribution in [1.29, 1.82) is 0 Å². The quantitative estimate of drug-likeness (QED) is 0.570. The van der Waals surface area contributed by atoms with Gasteiger partial charge in [-0.3, -0.25) is 0 Å². The summed E-state index contributed by atoms with van der Waals surface area (Å²) in [5.41, 5.74) is 0.111. The molecule has 1 aromatic rings. The van der Waals surface area contributed by atoms with E-state index in [1.807, 2.05) is 22.6 Å². The number of hydrogen-bond donors (Lipinski definition) is 0. The van der Waals surface area contributed by atoms with Crippen molar-refractivity contribution in [2.24, 2.45) is 0 Å². The van der Waals surface area contributed by atoms with Gasteiger partial charge in [-0.1, -0.05) is 0 Å². The molecule has 1 aliphatic carbocycles. The molecule has 0 N–H and O–H groups in total. The van der Waals surface area contributed by atoms with E-state index in [0.29, 0.717) is 9.62 Å². The predicted octanol–water partition coefficient (Wildman–Crippen LogP) is 3.58. The molecule has 1 fully saturated rings. The van der Waals surface area contributed by atoms with Gasteiger partial charge in [0.15, 0.2) is 0 Å². The highest BCUT2D eigenvalue weighted by Gasteiger charge is 2.34. The molecule has 0 bridgehead atoms. The van der Waals surface area contributed by atoms with E-state index in [-0.39, 0.29) is 0 Å². The summed E-state index contributed by atoms with van der Waals surface area (Å²) < 4.78 is 37.7. The summed E-state index contributed by atoms with van der Waals surface area (Å²) in [7, 11) is 0. The standard InChI is InChI=1S/C9H7F3IN/c10-9(11,12)6-3-7(5-1-2-5)8(13)14-4-6/h3-5H,1-2H2. The molecular formula is C9H7F3IN. The molecule has 0 radical (unpaired) electrons. The smallest absolute Gasteiger partial charge is 0.249 e. The summed E-state index contributed by atoms with van der Waals surface area (Å²) in [6.07, 6.45) is -1.41. The first kappa shape index (κ1) is 10.2. The lowest BCUT2D eigenvalue weighted by molar-refractivity contribution is -0.137. The lowest BCUT2D eigenvalue weighted by Gasteiger charge is -2.08. The van der Waals surface area contributed by atoms with Crippen LogP contribution in [0.15, 0.2) is 12.3 Å². The van der Waals surface area contributed by atoms with Crippen LogP contribution in [-0.2, 0) is 6.18 Å². The maximum absolute atomic E-state index is 12.3. The van der Waals surface area contributed by atoms with E-state index in [1.54, 1.807) is 0 Å². The van der Waals surface area contributed by atoms with Crippen LogP contribution < -0.4 is 0 Å². The first-order valence-electron chi connectivity index (χ1n) is 4.21. The number of alkyl halides is 3. The van der Waals surface area contributed by atoms with E-state index in [1.165, 1.54) is 6.07 Å². The van der Waals surface area contributed by atoms with E-state index >= 15 is 0 Å². The van der Waals surface area contributed by atoms with Crippen LogP contribution in [0.2, 0.25) is 0 Å². The molecule has 0 spiro atoms. The molecule has 0 atom stereocenters. The van der Waals surface area contributed by atoms with Gasteiger partial charge in [-0.2, -0.15) is 13.2 Å². The average Bonchev–Trinajstić information content (AvgIpc) is 2.85. The van der Waals surface area contributed by atoms with Crippen LogP contribution in [0.5, 0.6) is 0 Å². The van der Waals surface area contributed by atoms with Gasteiger partial charge >= 0.3 is 6.18 Å². The zero-order chi connectivity index (χ0) is 10.3. The van der Waals surface area contributed by atoms with Crippen LogP contribution in [0.25, 0.3) is 0 Å². The molecule has 1 heterocycles. The van der Waals surface area contributed by atoms with Gasteiger partial charge in [0.1, 0.15) is 3.70 Å². The van der Waals surface area contributed by atoms with Crippen molar-refractivity contribution < 1.29 is 13.2 Å². The predicted molar refractivity (Wildman–Crippen MR) is 53.9 cm³/mol. The van der Waals surface area contributed by atoms with E-state index in [4.69, 9.17) is 0 Å². The molecule has 2 rings (SSSR count). The summed E-state index contributed by atoms with van der Waals surface area (Å²) in [5, 5.41) is 0. The third-order valence-corrected chi connectivity index (χ3v) is 3.11. The van der Waals surface area contributed by atoms with Crippen molar-refractivity contribution in [3.05, 3.63) is 27.1 Å². The molecule has 0 amide bonds. The molecule has 1 aromatic heterocycles. The van der Waals surface area contributed by atoms with Crippen molar-refractivity contribution in [1.82, 2.24) is 4.98 Å². The Morgan fingerprint density at radius 1 is 1.36 bits per heavy atom. The van der Waals surface area contributed by atoms with Crippen molar-refractivity contribution in [3.63, 3.8) is 0 Å². The number of pyridine rings is 1. The van der Waals surface area contributed by atoms with Gasteiger partial charge in [0, 0.05) is 6.20 Å². The Labute approximate surface area is 92.9 Å². The fourth-order valence-electron chi connectivity index (χ4n) is 1.30. The lowest BCUT2D eigenvalue weighted by atomic mass is 10.1. The summed E-state index contributed by atoms with van der Waals surface area (Å²) >= 11 is 1.98. The average molecular weight is 313 g/mol. The fourth-order valence-corrected chi connectivity index (χ4v) is 2.04. The second kappa shape index (κ2) is 3.36. The van der Waals surface area contributed by atoms with Crippen LogP contribution in [-0.4, -0.2) is 4.98 Å². The van der Waals surface area contributed by atoms with Gasteiger partial charge < -0.3 is 0 Å². The van der Waals surface area contributed by atoms with Gasteiger partial charge in [0.05, 0.1) is 5.56 Å². The fraction of sp³-hybridized carbons (Fsp3) is 0.444. The minimum atomic E-state index is -4.28. The Hall–Kier alpha value is -0.330. The Balaban J connectivity index is 2.40. The number of aromatic nitrogens is 1. The molecule has 0 unspecified atom stereocenters. The van der Waals surface area contributed by atoms with Crippen molar-refractivity contribution in [2.45, 2.75) is 24.9 Å². The third kappa shape index (κ3) is 2.02. The van der Waals surface area contributed by atoms with E-state index < -0.39 is 11.7 Å². The Morgan fingerprint density at radius 2 is 2.00 bits per heavy atom. The molecule has 5 heteroatoms. The zero-order valence-corrected chi connectivity index (χ0v) is 9.26. The number of nitrogens with zero attached hydrogens (tertiary/aromatic N) is 1. The maximum atomic E-state index is 12.3. The number of halogens is 4. The Morgan fingerprint density at radius 3 is 2.50 bits per heavy atom. The van der Waals surface area contributed by atoms with Gasteiger partial charge in [-0.15, -0.1) is 0 Å². The van der Waals surface area contributed by atoms with E-state index in [0.717, 1.165) is 24.6 Å². The van der Waals surface area contributed by atoms with Crippen molar-refractivity contribution in [2.75, 3.05) is 0 Å². The molecule has 76 valence electrons. The summed E-state index contributed by atoms with van der Waals surface area (Å²) in [5.74, 6) is 0.302. The van der Waals surface area contributed by atoms with Gasteiger partial charge in [-0.25, -0.2) is 4.98 Å². The van der Waals surface area contributed by atoms with Gasteiger partial charge in [0.25, 0.3) is 0 Å². The Bertz CT molecular complexity index is 358. The summed E-state index contributed by atoms with van der Waals surface area (Å²) in [6.45, 7) is 0. The van der Waals surface area contributed by atoms with E-state index in [2.05, 4.69) is 4.98 Å². The SMILES string of the molecule is FC(F)(F)c1cnc(I)c(C2CC2)c1. The van der Waals surface area contributed by atoms with Crippen LogP contribution in [0.3, 0.4) is 0 Å². The van der Waals surface area contributed by atoms with Gasteiger partial charge in [0.2, 0.25) is 0 Å². The molecule has 1 aliphatic rings. The van der Waals surface area contributed by atoms with Crippen molar-refractivity contribution in [3.8, 4) is 0 Å². The van der Waals surface area contributed by atoms with Crippen LogP contribution in [0.4, 0.5) is 13.2 Å². The minimum absolute atomic E-state index is 0.302. The topological polar surface area (TPSA) is 12.9 Å². The second-order valence-electron chi connectivity index (χ2n) is 3.38. The normalized spacial score (nSPS) is 17.1. The lowest BCUT2D eigenvalue weighted by Crippen LogP contribution is -2.07. The largest absolute Gasteiger partial charge is 0.417 e. The summed E-state index contributed by atoms with van der Waals surface area (Å²) in [6, 6.07) is 1.23. The highest BCUT2D eigenvalue weighted by atomic mass is 127. The minimum Gasteiger partial charge on any atom is -0.249 e. The highest BCUT2D eigenvalue weighted by molar-refractivity contribution is 14.1. The van der Waals surface area contributed by atoms with E-state index in [9.17, 15) is 13.2 Å². The molecule has 0 saturated heterocycles. The molecule has 0 aromatic carbocycles. The first-order chi connectivity index (χ1) is 6.48. The Kier molecular flexibility index (Phi) is 2.45. The molecule has 14 heavy (non-hydrogen) atoms. The first-order valence-corrected chi connectivity index (χ1v) is 5.29. The van der Waals surface area contributed by atoms with Crippen LogP contribution >= 0.6 is 22.6 Å².